The van der Waals surface area contributed by atoms with Gasteiger partial charge in [0.05, 0.1) is 19.3 Å². The molecule has 0 saturated carbocycles. The predicted molar refractivity (Wildman–Crippen MR) is 360 cm³/mol. The van der Waals surface area contributed by atoms with Gasteiger partial charge in [0.15, 0.2) is 0 Å². The minimum Gasteiger partial charge on any atom is -0.494 e. The van der Waals surface area contributed by atoms with E-state index in [-0.39, 0.29) is 61.7 Å². The van der Waals surface area contributed by atoms with Crippen molar-refractivity contribution < 1.29 is 62.2 Å². The molecule has 526 valence electrons. The Bertz CT molecular complexity index is 2750. The third kappa shape index (κ3) is 22.0. The van der Waals surface area contributed by atoms with Gasteiger partial charge in [0.1, 0.15) is 71.6 Å². The van der Waals surface area contributed by atoms with Crippen LogP contribution in [0.15, 0.2) is 29.2 Å². The molecule has 2 fully saturated rings. The zero-order valence-corrected chi connectivity index (χ0v) is 61.1. The highest BCUT2D eigenvalue weighted by molar-refractivity contribution is 7.99. The van der Waals surface area contributed by atoms with Crippen LogP contribution >= 0.6 is 11.8 Å². The highest BCUT2D eigenvalue weighted by atomic mass is 32.2. The lowest BCUT2D eigenvalue weighted by Crippen LogP contribution is -2.63. The van der Waals surface area contributed by atoms with E-state index < -0.39 is 155 Å². The van der Waals surface area contributed by atoms with E-state index in [4.69, 9.17) is 9.47 Å². The number of carbonyl (C=O) groups is 11. The fourth-order valence-corrected chi connectivity index (χ4v) is 13.3. The first-order valence-electron chi connectivity index (χ1n) is 33.3. The van der Waals surface area contributed by atoms with Gasteiger partial charge in [-0.1, -0.05) is 115 Å². The minimum absolute atomic E-state index is 0.0561. The third-order valence-electron chi connectivity index (χ3n) is 17.6. The molecule has 13 atom stereocenters. The summed E-state index contributed by atoms with van der Waals surface area (Å²) in [7, 11) is 10.2. The van der Waals surface area contributed by atoms with E-state index >= 15 is 19.2 Å². The topological polar surface area (TPSA) is 277 Å². The van der Waals surface area contributed by atoms with Crippen LogP contribution in [0.2, 0.25) is 0 Å². The molecule has 93 heavy (non-hydrogen) atoms. The van der Waals surface area contributed by atoms with Gasteiger partial charge in [-0.15, -0.1) is 0 Å². The van der Waals surface area contributed by atoms with E-state index in [1.54, 1.807) is 34.6 Å². The number of thioether (sulfide) groups is 1. The van der Waals surface area contributed by atoms with Crippen molar-refractivity contribution in [3.8, 4) is 5.75 Å². The summed E-state index contributed by atoms with van der Waals surface area (Å²) in [5, 5.41) is 11.2. The second-order valence-electron chi connectivity index (χ2n) is 28.1. The Balaban J connectivity index is 2.32. The smallest absolute Gasteiger partial charge is 0.246 e. The van der Waals surface area contributed by atoms with Crippen molar-refractivity contribution in [3.63, 3.8) is 0 Å². The molecule has 1 aromatic carbocycles. The monoisotopic (exact) mass is 1330 g/mol. The maximum Gasteiger partial charge on any atom is 0.246 e. The van der Waals surface area contributed by atoms with Crippen LogP contribution in [0.3, 0.4) is 0 Å². The van der Waals surface area contributed by atoms with Crippen molar-refractivity contribution in [2.45, 2.75) is 233 Å². The number of likely N-dealkylation sites (N-methyl/N-ethyl adjacent to an activating group) is 7. The molecule has 0 radical (unpaired) electrons. The Labute approximate surface area is 559 Å². The van der Waals surface area contributed by atoms with Gasteiger partial charge >= 0.3 is 0 Å². The largest absolute Gasteiger partial charge is 0.494 e. The maximum atomic E-state index is 15.6. The van der Waals surface area contributed by atoms with Crippen molar-refractivity contribution in [2.75, 3.05) is 62.5 Å². The van der Waals surface area contributed by atoms with E-state index in [2.05, 4.69) is 21.3 Å². The summed E-state index contributed by atoms with van der Waals surface area (Å²) in [6, 6.07) is -4.48. The number of nitrogens with zero attached hydrogens (tertiary/aromatic N) is 7. The van der Waals surface area contributed by atoms with Crippen molar-refractivity contribution in [1.82, 2.24) is 55.6 Å². The van der Waals surface area contributed by atoms with Crippen LogP contribution in [-0.4, -0.2) is 234 Å². The number of ether oxygens (including phenoxy) is 2. The SMILES string of the molecule is CCOc1cccc(S[C@H]2C[C@@H](C)[C@H]([C@H]3C(=O)N[C@@H](CC)C(=O)N(C)CC(=O)N(C)[C@@H](CC(C)C)C(=O)N[C@@H](C(C)C)C(=O)N(C)[C@@H](CC(C)C)C(=O)N[C@@H](C)C(=O)N[C@H](C)C(=O)N(C)[C@@H](CC(C)C)C(=O)N(C)[C@@H](CC(C)C)C(=O)N(C)[C@@H](C(C)C)C(=O)N3C)O2)c1. The van der Waals surface area contributed by atoms with Crippen LogP contribution in [0.5, 0.6) is 5.75 Å². The normalized spacial score (nSPS) is 28.0. The van der Waals surface area contributed by atoms with Gasteiger partial charge in [0.2, 0.25) is 65.0 Å². The molecule has 0 spiro atoms. The van der Waals surface area contributed by atoms with E-state index in [1.165, 1.54) is 104 Å². The average Bonchev–Trinajstić information content (AvgIpc) is 1.79. The Hall–Kier alpha value is -6.50. The molecule has 1 aromatic rings. The van der Waals surface area contributed by atoms with Crippen LogP contribution in [0.4, 0.5) is 0 Å². The zero-order valence-electron chi connectivity index (χ0n) is 60.3. The highest BCUT2D eigenvalue weighted by Gasteiger charge is 2.49. The number of rotatable bonds is 16. The van der Waals surface area contributed by atoms with Crippen molar-refractivity contribution in [1.29, 1.82) is 0 Å². The van der Waals surface area contributed by atoms with Gasteiger partial charge in [-0.25, -0.2) is 0 Å². The molecule has 0 aliphatic carbocycles. The summed E-state index contributed by atoms with van der Waals surface area (Å²) in [6.45, 7) is 30.4. The summed E-state index contributed by atoms with van der Waals surface area (Å²) in [5.74, 6) is -8.36. The van der Waals surface area contributed by atoms with Gasteiger partial charge in [-0.2, -0.15) is 0 Å². The standard InChI is InChI=1S/C68H115N11O13S/c1-25-48-64(86)73(18)36-53(80)74(19)49(30-37(3)4)61(83)72-55(41(11)12)67(89)75(20)50(31-38(5)6)60(82)69-44(16)59(81)70-45(17)63(85)76(21)51(32-39(7)8)65(87)77(22)52(33-40(9)10)66(88)78(23)56(42(13)14)68(90)79(24)57(62(84)71-48)58-43(15)34-54(92-58)93-47-29-27-28-46(35-47)91-26-2/h27-29,35,37-45,48-52,54-58H,25-26,30-34,36H2,1-24H3,(H,69,82)(H,70,81)(H,71,84)(H,72,83)/t43-,44+,45-,48+,49+,50+,51+,52+,54+,55+,56+,57+,58-/m1/s1. The molecule has 25 heteroatoms. The van der Waals surface area contributed by atoms with Crippen LogP contribution in [0, 0.1) is 41.4 Å². The zero-order chi connectivity index (χ0) is 71.0. The first-order chi connectivity index (χ1) is 43.2. The van der Waals surface area contributed by atoms with E-state index in [9.17, 15) is 33.6 Å². The maximum absolute atomic E-state index is 15.6. The Kier molecular flexibility index (Phi) is 31.6. The summed E-state index contributed by atoms with van der Waals surface area (Å²) in [5.41, 5.74) is -0.493. The first-order valence-corrected chi connectivity index (χ1v) is 34.2. The molecule has 24 nitrogen and oxygen atoms in total. The molecule has 2 aliphatic heterocycles. The molecule has 0 aromatic heterocycles. The van der Waals surface area contributed by atoms with Crippen LogP contribution in [-0.2, 0) is 57.5 Å². The molecular weight excluding hydrogens is 1210 g/mol. The molecule has 11 amide bonds. The van der Waals surface area contributed by atoms with Gasteiger partial charge in [0, 0.05) is 54.2 Å². The summed E-state index contributed by atoms with van der Waals surface area (Å²) in [4.78, 5) is 172. The van der Waals surface area contributed by atoms with Gasteiger partial charge in [0.25, 0.3) is 0 Å². The second-order valence-corrected chi connectivity index (χ2v) is 29.3. The number of hydrogen-bond acceptors (Lipinski definition) is 14. The quantitative estimate of drug-likeness (QED) is 0.165. The lowest BCUT2D eigenvalue weighted by molar-refractivity contribution is -0.157. The van der Waals surface area contributed by atoms with Crippen LogP contribution < -0.4 is 26.0 Å². The highest BCUT2D eigenvalue weighted by Crippen LogP contribution is 2.40. The number of benzene rings is 1. The average molecular weight is 1330 g/mol. The summed E-state index contributed by atoms with van der Waals surface area (Å²) in [6.07, 6.45) is 0.217. The van der Waals surface area contributed by atoms with E-state index in [0.717, 1.165) is 9.80 Å². The molecular formula is C68H115N11O13S. The number of carbonyl (C=O) groups excluding carboxylic acids is 11. The number of hydrogen-bond donors (Lipinski definition) is 4. The minimum atomic E-state index is -1.39. The van der Waals surface area contributed by atoms with Crippen molar-refractivity contribution in [2.24, 2.45) is 41.4 Å². The lowest BCUT2D eigenvalue weighted by Gasteiger charge is -2.41. The van der Waals surface area contributed by atoms with Crippen LogP contribution in [0.1, 0.15) is 156 Å². The molecule has 2 saturated heterocycles. The van der Waals surface area contributed by atoms with Crippen LogP contribution in [0.25, 0.3) is 0 Å². The lowest BCUT2D eigenvalue weighted by atomic mass is 9.93. The fraction of sp³-hybridized carbons (Fsp3) is 0.750. The van der Waals surface area contributed by atoms with E-state index in [1.807, 2.05) is 93.5 Å². The Morgan fingerprint density at radius 2 is 1.00 bits per heavy atom. The molecule has 3 rings (SSSR count). The molecule has 0 bridgehead atoms. The van der Waals surface area contributed by atoms with E-state index in [0.29, 0.717) is 18.8 Å². The number of nitrogens with one attached hydrogen (secondary N) is 4. The Morgan fingerprint density at radius 3 is 1.51 bits per heavy atom. The molecule has 0 unspecified atom stereocenters. The second kappa shape index (κ2) is 36.4. The summed E-state index contributed by atoms with van der Waals surface area (Å²) >= 11 is 1.43. The van der Waals surface area contributed by atoms with Crippen molar-refractivity contribution in [3.05, 3.63) is 24.3 Å². The Morgan fingerprint density at radius 1 is 0.516 bits per heavy atom. The molecule has 4 N–H and O–H groups in total. The predicted octanol–water partition coefficient (Wildman–Crippen LogP) is 5.25. The summed E-state index contributed by atoms with van der Waals surface area (Å²) < 4.78 is 12.6. The third-order valence-corrected chi connectivity index (χ3v) is 18.6. The fourth-order valence-electron chi connectivity index (χ4n) is 12.1. The van der Waals surface area contributed by atoms with Gasteiger partial charge in [-0.3, -0.25) is 52.7 Å². The number of amides is 11. The van der Waals surface area contributed by atoms with Crippen molar-refractivity contribution >= 4 is 76.7 Å². The molecule has 2 heterocycles. The van der Waals surface area contributed by atoms with Gasteiger partial charge < -0.3 is 65.0 Å². The first kappa shape index (κ1) is 80.7. The van der Waals surface area contributed by atoms with Gasteiger partial charge in [-0.05, 0) is 119 Å². The molecule has 2 aliphatic rings.